The van der Waals surface area contributed by atoms with Gasteiger partial charge in [0.05, 0.1) is 0 Å². The van der Waals surface area contributed by atoms with Crippen molar-refractivity contribution in [3.63, 3.8) is 0 Å². The highest BCUT2D eigenvalue weighted by molar-refractivity contribution is 5.35. The van der Waals surface area contributed by atoms with Gasteiger partial charge in [0.2, 0.25) is 0 Å². The Balaban J connectivity index is 3.04. The summed E-state index contributed by atoms with van der Waals surface area (Å²) in [6.45, 7) is 15.1. The summed E-state index contributed by atoms with van der Waals surface area (Å²) in [5.41, 5.74) is 4.51. The van der Waals surface area contributed by atoms with Crippen LogP contribution in [-0.4, -0.2) is 0 Å². The minimum Gasteiger partial charge on any atom is -0.103 e. The quantitative estimate of drug-likeness (QED) is 0.645. The van der Waals surface area contributed by atoms with E-state index >= 15 is 0 Å². The Hall–Kier alpha value is -1.04. The fourth-order valence-corrected chi connectivity index (χ4v) is 1.79. The van der Waals surface area contributed by atoms with E-state index in [1.54, 1.807) is 0 Å². The van der Waals surface area contributed by atoms with Crippen molar-refractivity contribution >= 4 is 0 Å². The molecule has 1 aromatic rings. The molecule has 0 aliphatic heterocycles. The number of rotatable bonds is 3. The van der Waals surface area contributed by atoms with Crippen molar-refractivity contribution < 1.29 is 0 Å². The first-order valence-corrected chi connectivity index (χ1v) is 6.07. The second kappa shape index (κ2) is 4.86. The maximum absolute atomic E-state index is 3.86. The fourth-order valence-electron chi connectivity index (χ4n) is 1.79. The Labute approximate surface area is 100 Å². The molecule has 16 heavy (non-hydrogen) atoms. The molecule has 1 atom stereocenters. The molecule has 0 saturated carbocycles. The van der Waals surface area contributed by atoms with Crippen molar-refractivity contribution in [2.75, 3.05) is 0 Å². The molecule has 0 aromatic heterocycles. The Morgan fingerprint density at radius 1 is 1.31 bits per heavy atom. The molecular weight excluding hydrogens is 192 g/mol. The minimum atomic E-state index is 0.236. The van der Waals surface area contributed by atoms with Crippen LogP contribution in [-0.2, 0) is 11.8 Å². The van der Waals surface area contributed by atoms with Crippen LogP contribution < -0.4 is 0 Å². The Kier molecular flexibility index (Phi) is 3.96. The molecule has 0 nitrogen and oxygen atoms in total. The molecule has 0 heterocycles. The third-order valence-corrected chi connectivity index (χ3v) is 3.16. The molecule has 0 aliphatic rings. The van der Waals surface area contributed by atoms with Crippen molar-refractivity contribution in [3.8, 4) is 0 Å². The summed E-state index contributed by atoms with van der Waals surface area (Å²) in [5, 5.41) is 0. The van der Waals surface area contributed by atoms with Crippen molar-refractivity contribution in [1.82, 2.24) is 0 Å². The van der Waals surface area contributed by atoms with E-state index in [4.69, 9.17) is 0 Å². The van der Waals surface area contributed by atoms with Crippen LogP contribution in [0.2, 0.25) is 0 Å². The average molecular weight is 216 g/mol. The summed E-state index contributed by atoms with van der Waals surface area (Å²) in [7, 11) is 0. The van der Waals surface area contributed by atoms with E-state index in [1.807, 2.05) is 6.08 Å². The van der Waals surface area contributed by atoms with Crippen LogP contribution in [0.3, 0.4) is 0 Å². The predicted octanol–water partition coefficient (Wildman–Crippen LogP) is 4.66. The average Bonchev–Trinajstić information content (AvgIpc) is 2.19. The van der Waals surface area contributed by atoms with Gasteiger partial charge in [0.1, 0.15) is 0 Å². The number of benzene rings is 1. The lowest BCUT2D eigenvalue weighted by atomic mass is 9.84. The Bertz CT molecular complexity index is 366. The lowest BCUT2D eigenvalue weighted by molar-refractivity contribution is 0.587. The molecule has 88 valence electrons. The van der Waals surface area contributed by atoms with Crippen LogP contribution in [0.25, 0.3) is 0 Å². The molecule has 0 heteroatoms. The van der Waals surface area contributed by atoms with Crippen LogP contribution in [0, 0.1) is 12.8 Å². The van der Waals surface area contributed by atoms with Gasteiger partial charge in [-0.25, -0.2) is 0 Å². The van der Waals surface area contributed by atoms with E-state index in [0.717, 1.165) is 6.42 Å². The number of aryl methyl sites for hydroxylation is 1. The summed E-state index contributed by atoms with van der Waals surface area (Å²) < 4.78 is 0. The fraction of sp³-hybridized carbons (Fsp3) is 0.500. The van der Waals surface area contributed by atoms with Gasteiger partial charge in [0, 0.05) is 0 Å². The van der Waals surface area contributed by atoms with Gasteiger partial charge in [-0.05, 0) is 41.4 Å². The molecule has 1 unspecified atom stereocenters. The van der Waals surface area contributed by atoms with Crippen molar-refractivity contribution in [2.24, 2.45) is 5.92 Å². The van der Waals surface area contributed by atoms with E-state index in [9.17, 15) is 0 Å². The van der Waals surface area contributed by atoms with Gasteiger partial charge in [0.25, 0.3) is 0 Å². The molecule has 0 N–H and O–H groups in total. The normalized spacial score (nSPS) is 13.6. The highest BCUT2D eigenvalue weighted by Gasteiger charge is 2.14. The van der Waals surface area contributed by atoms with Crippen LogP contribution in [0.15, 0.2) is 30.9 Å². The van der Waals surface area contributed by atoms with Crippen molar-refractivity contribution in [2.45, 2.75) is 46.5 Å². The van der Waals surface area contributed by atoms with Gasteiger partial charge in [-0.2, -0.15) is 0 Å². The van der Waals surface area contributed by atoms with Gasteiger partial charge >= 0.3 is 0 Å². The SMILES string of the molecule is C=CC(C)Cc1cc(C(C)(C)C)ccc1C. The second-order valence-corrected chi connectivity index (χ2v) is 5.81. The highest BCUT2D eigenvalue weighted by Crippen LogP contribution is 2.25. The molecule has 0 amide bonds. The van der Waals surface area contributed by atoms with Crippen molar-refractivity contribution in [3.05, 3.63) is 47.5 Å². The molecule has 0 saturated heterocycles. The zero-order valence-corrected chi connectivity index (χ0v) is 11.3. The van der Waals surface area contributed by atoms with Crippen LogP contribution >= 0.6 is 0 Å². The zero-order valence-electron chi connectivity index (χ0n) is 11.3. The van der Waals surface area contributed by atoms with Crippen LogP contribution in [0.4, 0.5) is 0 Å². The zero-order chi connectivity index (χ0) is 12.3. The van der Waals surface area contributed by atoms with Gasteiger partial charge < -0.3 is 0 Å². The molecule has 0 radical (unpaired) electrons. The van der Waals surface area contributed by atoms with Crippen molar-refractivity contribution in [1.29, 1.82) is 0 Å². The summed E-state index contributed by atoms with van der Waals surface area (Å²) >= 11 is 0. The van der Waals surface area contributed by atoms with Crippen LogP contribution in [0.1, 0.15) is 44.4 Å². The molecular formula is C16H24. The lowest BCUT2D eigenvalue weighted by Crippen LogP contribution is -2.12. The van der Waals surface area contributed by atoms with E-state index < -0.39 is 0 Å². The molecule has 1 rings (SSSR count). The summed E-state index contributed by atoms with van der Waals surface area (Å²) in [6, 6.07) is 6.85. The number of allylic oxidation sites excluding steroid dienone is 1. The highest BCUT2D eigenvalue weighted by atomic mass is 14.2. The Morgan fingerprint density at radius 3 is 2.44 bits per heavy atom. The predicted molar refractivity (Wildman–Crippen MR) is 72.9 cm³/mol. The van der Waals surface area contributed by atoms with E-state index in [-0.39, 0.29) is 5.41 Å². The first kappa shape index (κ1) is 13.0. The minimum absolute atomic E-state index is 0.236. The lowest BCUT2D eigenvalue weighted by Gasteiger charge is -2.21. The first-order chi connectivity index (χ1) is 7.34. The van der Waals surface area contributed by atoms with Gasteiger partial charge in [-0.1, -0.05) is 52.0 Å². The second-order valence-electron chi connectivity index (χ2n) is 5.81. The topological polar surface area (TPSA) is 0 Å². The molecule has 0 bridgehead atoms. The summed E-state index contributed by atoms with van der Waals surface area (Å²) in [6.07, 6.45) is 3.13. The summed E-state index contributed by atoms with van der Waals surface area (Å²) in [5.74, 6) is 0.550. The smallest absolute Gasteiger partial charge is 0.0132 e. The van der Waals surface area contributed by atoms with Gasteiger partial charge in [-0.15, -0.1) is 6.58 Å². The maximum Gasteiger partial charge on any atom is -0.0132 e. The van der Waals surface area contributed by atoms with E-state index in [0.29, 0.717) is 5.92 Å². The third-order valence-electron chi connectivity index (χ3n) is 3.16. The Morgan fingerprint density at radius 2 is 1.94 bits per heavy atom. The standard InChI is InChI=1S/C16H24/c1-7-12(2)10-14-11-15(16(4,5)6)9-8-13(14)3/h7-9,11-12H,1,10H2,2-6H3. The van der Waals surface area contributed by atoms with E-state index in [1.165, 1.54) is 16.7 Å². The van der Waals surface area contributed by atoms with Crippen LogP contribution in [0.5, 0.6) is 0 Å². The monoisotopic (exact) mass is 216 g/mol. The third kappa shape index (κ3) is 3.23. The summed E-state index contributed by atoms with van der Waals surface area (Å²) in [4.78, 5) is 0. The molecule has 0 spiro atoms. The molecule has 0 aliphatic carbocycles. The van der Waals surface area contributed by atoms with Gasteiger partial charge in [-0.3, -0.25) is 0 Å². The van der Waals surface area contributed by atoms with Gasteiger partial charge in [0.15, 0.2) is 0 Å². The maximum atomic E-state index is 3.86. The van der Waals surface area contributed by atoms with E-state index in [2.05, 4.69) is 59.4 Å². The molecule has 0 fully saturated rings. The first-order valence-electron chi connectivity index (χ1n) is 6.07. The number of hydrogen-bond donors (Lipinski definition) is 0. The largest absolute Gasteiger partial charge is 0.103 e. The number of hydrogen-bond acceptors (Lipinski definition) is 0. The molecule has 1 aromatic carbocycles.